The van der Waals surface area contributed by atoms with Crippen molar-refractivity contribution in [2.45, 2.75) is 83.8 Å². The van der Waals surface area contributed by atoms with Crippen LogP contribution < -0.4 is 10.1 Å². The zero-order chi connectivity index (χ0) is 34.1. The Balaban J connectivity index is 1.23. The van der Waals surface area contributed by atoms with Crippen LogP contribution in [0.5, 0.6) is 11.6 Å². The molecule has 9 nitrogen and oxygen atoms in total. The topological polar surface area (TPSA) is 107 Å². The molecule has 11 heteroatoms. The van der Waals surface area contributed by atoms with Gasteiger partial charge in [0.25, 0.3) is 5.92 Å². The molecule has 1 saturated heterocycles. The van der Waals surface area contributed by atoms with Crippen LogP contribution in [0.3, 0.4) is 0 Å². The number of aromatic nitrogens is 3. The minimum Gasteiger partial charge on any atom is -0.444 e. The van der Waals surface area contributed by atoms with E-state index in [-0.39, 0.29) is 31.4 Å². The van der Waals surface area contributed by atoms with E-state index in [2.05, 4.69) is 15.3 Å². The van der Waals surface area contributed by atoms with Crippen molar-refractivity contribution in [3.8, 4) is 22.9 Å². The van der Waals surface area contributed by atoms with E-state index in [0.717, 1.165) is 29.2 Å². The second-order valence-electron chi connectivity index (χ2n) is 13.7. The van der Waals surface area contributed by atoms with Crippen LogP contribution in [0.15, 0.2) is 60.9 Å². The van der Waals surface area contributed by atoms with Crippen molar-refractivity contribution in [2.24, 2.45) is 5.92 Å². The molecule has 252 valence electrons. The first kappa shape index (κ1) is 33.2. The number of Topliss-reactive ketones (excluding diaryl/α,β-unsaturated/α-hetero) is 1. The van der Waals surface area contributed by atoms with E-state index in [4.69, 9.17) is 14.5 Å². The molecule has 0 bridgehead atoms. The number of nitrogens with zero attached hydrogens (tertiary/aromatic N) is 4. The number of carbonyl (C=O) groups is 2. The number of carbonyl (C=O) groups excluding carboxylic acids is 2. The van der Waals surface area contributed by atoms with Crippen LogP contribution in [-0.2, 0) is 16.0 Å². The van der Waals surface area contributed by atoms with Crippen LogP contribution in [0.2, 0.25) is 0 Å². The maximum atomic E-state index is 14.4. The minimum absolute atomic E-state index is 0.0505. The molecule has 1 saturated carbocycles. The Hall–Kier alpha value is -4.67. The third kappa shape index (κ3) is 7.40. The van der Waals surface area contributed by atoms with Crippen molar-refractivity contribution in [3.05, 3.63) is 72.1 Å². The van der Waals surface area contributed by atoms with Crippen molar-refractivity contribution in [3.63, 3.8) is 0 Å². The fourth-order valence-electron chi connectivity index (χ4n) is 6.54. The average Bonchev–Trinajstić information content (AvgIpc) is 3.41. The highest BCUT2D eigenvalue weighted by Gasteiger charge is 2.47. The summed E-state index contributed by atoms with van der Waals surface area (Å²) in [5.41, 5.74) is 2.21. The number of ketones is 1. The maximum absolute atomic E-state index is 14.4. The molecule has 1 N–H and O–H groups in total. The highest BCUT2D eigenvalue weighted by atomic mass is 19.3. The Bertz CT molecular complexity index is 1830. The Morgan fingerprint density at radius 1 is 1.00 bits per heavy atom. The number of hydrogen-bond donors (Lipinski definition) is 1. The van der Waals surface area contributed by atoms with Gasteiger partial charge in [-0.1, -0.05) is 30.3 Å². The normalized spacial score (nSPS) is 19.2. The van der Waals surface area contributed by atoms with Crippen molar-refractivity contribution in [2.75, 3.05) is 18.4 Å². The van der Waals surface area contributed by atoms with Gasteiger partial charge >= 0.3 is 6.09 Å². The molecule has 2 aromatic heterocycles. The van der Waals surface area contributed by atoms with Gasteiger partial charge in [0, 0.05) is 49.8 Å². The number of rotatable bonds is 8. The molecular weight excluding hydrogens is 616 g/mol. The van der Waals surface area contributed by atoms with Crippen LogP contribution in [0.25, 0.3) is 22.0 Å². The molecule has 2 fully saturated rings. The molecule has 0 spiro atoms. The number of aryl methyl sites for hydroxylation is 1. The highest BCUT2D eigenvalue weighted by molar-refractivity contribution is 5.96. The van der Waals surface area contributed by atoms with Crippen LogP contribution in [0.1, 0.15) is 64.0 Å². The van der Waals surface area contributed by atoms with E-state index in [1.54, 1.807) is 29.4 Å². The number of pyridine rings is 1. The van der Waals surface area contributed by atoms with Gasteiger partial charge in [-0.2, -0.15) is 0 Å². The van der Waals surface area contributed by atoms with Gasteiger partial charge in [-0.15, -0.1) is 0 Å². The number of alkyl halides is 2. The summed E-state index contributed by atoms with van der Waals surface area (Å²) in [6, 6.07) is 14.7. The van der Waals surface area contributed by atoms with Crippen LogP contribution >= 0.6 is 0 Å². The quantitative estimate of drug-likeness (QED) is 0.202. The molecule has 2 atom stereocenters. The fourth-order valence-corrected chi connectivity index (χ4v) is 6.54. The second-order valence-corrected chi connectivity index (χ2v) is 13.7. The van der Waals surface area contributed by atoms with Gasteiger partial charge in [-0.05, 0) is 88.1 Å². The van der Waals surface area contributed by atoms with Crippen LogP contribution in [0, 0.1) is 12.8 Å². The van der Waals surface area contributed by atoms with E-state index in [1.807, 2.05) is 64.1 Å². The number of fused-ring (bicyclic) bond motifs is 1. The summed E-state index contributed by atoms with van der Waals surface area (Å²) in [6.07, 6.45) is 4.92. The van der Waals surface area contributed by atoms with Crippen molar-refractivity contribution >= 4 is 28.6 Å². The number of amides is 1. The number of piperidine rings is 1. The fraction of sp³-hybridized carbons (Fsp3) is 0.432. The Labute approximate surface area is 279 Å². The zero-order valence-corrected chi connectivity index (χ0v) is 27.8. The molecule has 6 rings (SSSR count). The minimum atomic E-state index is -2.95. The van der Waals surface area contributed by atoms with Gasteiger partial charge in [0.2, 0.25) is 11.8 Å². The molecule has 1 amide bonds. The van der Waals surface area contributed by atoms with Gasteiger partial charge in [0.15, 0.2) is 0 Å². The van der Waals surface area contributed by atoms with Gasteiger partial charge in [-0.25, -0.2) is 28.5 Å². The first-order valence-electron chi connectivity index (χ1n) is 16.5. The second kappa shape index (κ2) is 13.4. The monoisotopic (exact) mass is 657 g/mol. The lowest BCUT2D eigenvalue weighted by molar-refractivity contribution is -0.133. The summed E-state index contributed by atoms with van der Waals surface area (Å²) in [5, 5.41) is 4.91. The van der Waals surface area contributed by atoms with E-state index in [1.165, 1.54) is 0 Å². The van der Waals surface area contributed by atoms with E-state index in [0.29, 0.717) is 53.9 Å². The van der Waals surface area contributed by atoms with Crippen molar-refractivity contribution < 1.29 is 27.8 Å². The van der Waals surface area contributed by atoms with E-state index < -0.39 is 23.2 Å². The van der Waals surface area contributed by atoms with E-state index in [9.17, 15) is 18.4 Å². The lowest BCUT2D eigenvalue weighted by Gasteiger charge is -2.34. The number of benzene rings is 2. The Kier molecular flexibility index (Phi) is 9.31. The number of likely N-dealkylation sites (tertiary alicyclic amines) is 1. The molecule has 4 aromatic rings. The summed E-state index contributed by atoms with van der Waals surface area (Å²) in [4.78, 5) is 41.1. The number of nitrogens with one attached hydrogen (secondary N) is 1. The SMILES string of the molecule is Cc1ccc2c(CC(=O)C3CCCC3(F)F)cccc2c1Oc1ncccc1-c1ccnc(N[C@H]2CCCN(C(=O)OC(C)(C)C)C2)n1. The van der Waals surface area contributed by atoms with Crippen molar-refractivity contribution in [1.82, 2.24) is 19.9 Å². The van der Waals surface area contributed by atoms with Gasteiger partial charge in [-0.3, -0.25) is 4.79 Å². The molecule has 3 heterocycles. The molecule has 48 heavy (non-hydrogen) atoms. The number of anilines is 1. The largest absolute Gasteiger partial charge is 0.444 e. The van der Waals surface area contributed by atoms with Crippen LogP contribution in [0.4, 0.5) is 19.5 Å². The standard InChI is InChI=1S/C37H41F2N5O4/c1-23-14-15-26-24(21-31(45)29-13-6-17-37(29,38)39)9-5-11-27(26)32(23)47-33-28(12-7-18-40-33)30-16-19-41-34(43-30)42-25-10-8-20-44(22-25)35(46)48-36(2,3)4/h5,7,9,11-12,14-16,18-19,25,29H,6,8,10,13,17,20-22H2,1-4H3,(H,41,42,43)/t25-,29?/m0/s1. The smallest absolute Gasteiger partial charge is 0.410 e. The number of halogens is 2. The lowest BCUT2D eigenvalue weighted by Crippen LogP contribution is -2.47. The first-order valence-corrected chi connectivity index (χ1v) is 16.5. The van der Waals surface area contributed by atoms with Crippen molar-refractivity contribution in [1.29, 1.82) is 0 Å². The molecule has 1 unspecified atom stereocenters. The Morgan fingerprint density at radius 2 is 1.83 bits per heavy atom. The van der Waals surface area contributed by atoms with Gasteiger partial charge in [0.05, 0.1) is 17.2 Å². The molecule has 1 aliphatic heterocycles. The summed E-state index contributed by atoms with van der Waals surface area (Å²) in [7, 11) is 0. The summed E-state index contributed by atoms with van der Waals surface area (Å²) in [5.74, 6) is -3.31. The Morgan fingerprint density at radius 3 is 2.60 bits per heavy atom. The zero-order valence-electron chi connectivity index (χ0n) is 27.8. The lowest BCUT2D eigenvalue weighted by atomic mass is 9.91. The van der Waals surface area contributed by atoms with Gasteiger partial charge in [0.1, 0.15) is 17.1 Å². The maximum Gasteiger partial charge on any atom is 0.410 e. The average molecular weight is 658 g/mol. The number of ether oxygens (including phenoxy) is 2. The molecular formula is C37H41F2N5O4. The highest BCUT2D eigenvalue weighted by Crippen LogP contribution is 2.42. The predicted molar refractivity (Wildman–Crippen MR) is 179 cm³/mol. The molecule has 2 aromatic carbocycles. The summed E-state index contributed by atoms with van der Waals surface area (Å²) in [6.45, 7) is 8.58. The molecule has 1 aliphatic carbocycles. The number of hydrogen-bond acceptors (Lipinski definition) is 8. The third-order valence-electron chi connectivity index (χ3n) is 8.87. The van der Waals surface area contributed by atoms with E-state index >= 15 is 0 Å². The predicted octanol–water partition coefficient (Wildman–Crippen LogP) is 8.15. The summed E-state index contributed by atoms with van der Waals surface area (Å²) >= 11 is 0. The van der Waals surface area contributed by atoms with Crippen LogP contribution in [-0.4, -0.2) is 62.4 Å². The summed E-state index contributed by atoms with van der Waals surface area (Å²) < 4.78 is 40.8. The third-order valence-corrected chi connectivity index (χ3v) is 8.87. The van der Waals surface area contributed by atoms with Gasteiger partial charge < -0.3 is 19.7 Å². The molecule has 2 aliphatic rings. The molecule has 0 radical (unpaired) electrons. The first-order chi connectivity index (χ1) is 22.9.